The molecule has 35 heavy (non-hydrogen) atoms. The van der Waals surface area contributed by atoms with E-state index in [1.165, 1.54) is 18.5 Å². The summed E-state index contributed by atoms with van der Waals surface area (Å²) in [5, 5.41) is 1.84. The van der Waals surface area contributed by atoms with Crippen LogP contribution in [0, 0.1) is 11.6 Å². The molecular formula is C26H25F2N5O2. The van der Waals surface area contributed by atoms with Crippen molar-refractivity contribution in [3.63, 3.8) is 0 Å². The zero-order chi connectivity index (χ0) is 24.7. The van der Waals surface area contributed by atoms with Gasteiger partial charge in [0.25, 0.3) is 0 Å². The minimum absolute atomic E-state index is 0.105. The van der Waals surface area contributed by atoms with Gasteiger partial charge in [0.2, 0.25) is 0 Å². The highest BCUT2D eigenvalue weighted by molar-refractivity contribution is 5.98. The molecular weight excluding hydrogens is 452 g/mol. The largest absolute Gasteiger partial charge is 0.444 e. The maximum Gasteiger partial charge on any atom is 0.410 e. The number of hydrogen-bond acceptors (Lipinski definition) is 6. The van der Waals surface area contributed by atoms with Gasteiger partial charge in [-0.15, -0.1) is 0 Å². The molecule has 1 aliphatic rings. The Kier molecular flexibility index (Phi) is 5.70. The van der Waals surface area contributed by atoms with E-state index in [2.05, 4.69) is 15.0 Å². The van der Waals surface area contributed by atoms with Gasteiger partial charge in [0.1, 0.15) is 34.8 Å². The molecule has 2 aromatic carbocycles. The quantitative estimate of drug-likeness (QED) is 0.396. The molecule has 2 aromatic heterocycles. The summed E-state index contributed by atoms with van der Waals surface area (Å²) in [5.41, 5.74) is 0.178. The molecule has 0 bridgehead atoms. The van der Waals surface area contributed by atoms with Crippen molar-refractivity contribution in [1.29, 1.82) is 0 Å². The molecule has 0 atom stereocenters. The van der Waals surface area contributed by atoms with E-state index < -0.39 is 17.2 Å². The molecule has 9 heteroatoms. The zero-order valence-electron chi connectivity index (χ0n) is 19.8. The van der Waals surface area contributed by atoms with Gasteiger partial charge in [-0.3, -0.25) is 4.98 Å². The van der Waals surface area contributed by atoms with Crippen LogP contribution in [0.25, 0.3) is 32.9 Å². The van der Waals surface area contributed by atoms with Crippen LogP contribution < -0.4 is 4.90 Å². The Morgan fingerprint density at radius 1 is 0.971 bits per heavy atom. The van der Waals surface area contributed by atoms with Crippen molar-refractivity contribution in [2.24, 2.45) is 0 Å². The Hall–Kier alpha value is -3.88. The van der Waals surface area contributed by atoms with E-state index in [-0.39, 0.29) is 17.3 Å². The van der Waals surface area contributed by atoms with Gasteiger partial charge >= 0.3 is 6.09 Å². The fraction of sp³-hybridized carbons (Fsp3) is 0.308. The van der Waals surface area contributed by atoms with Gasteiger partial charge in [0.15, 0.2) is 5.82 Å². The van der Waals surface area contributed by atoms with E-state index in [4.69, 9.17) is 4.74 Å². The third-order valence-electron chi connectivity index (χ3n) is 5.93. The van der Waals surface area contributed by atoms with Crippen molar-refractivity contribution in [3.8, 4) is 11.3 Å². The number of ether oxygens (including phenoxy) is 1. The number of rotatable bonds is 2. The fourth-order valence-corrected chi connectivity index (χ4v) is 4.30. The summed E-state index contributed by atoms with van der Waals surface area (Å²) in [6.45, 7) is 7.43. The predicted molar refractivity (Wildman–Crippen MR) is 130 cm³/mol. The Labute approximate surface area is 201 Å². The average Bonchev–Trinajstić information content (AvgIpc) is 2.83. The van der Waals surface area contributed by atoms with Crippen LogP contribution in [0.3, 0.4) is 0 Å². The lowest BCUT2D eigenvalue weighted by atomic mass is 10.0. The molecule has 0 radical (unpaired) electrons. The number of piperazine rings is 1. The highest BCUT2D eigenvalue weighted by Crippen LogP contribution is 2.34. The minimum atomic E-state index is -0.588. The first-order chi connectivity index (χ1) is 16.7. The van der Waals surface area contributed by atoms with Gasteiger partial charge in [-0.25, -0.2) is 23.5 Å². The van der Waals surface area contributed by atoms with E-state index in [1.54, 1.807) is 29.3 Å². The highest BCUT2D eigenvalue weighted by atomic mass is 19.1. The SMILES string of the molecule is CC(C)(C)OC(=O)N1CCN(c2ncnc3c(F)c(-c4cccc5ccc(F)cc45)ncc23)CC1. The standard InChI is InChI=1S/C26H25F2N5O2/c1-26(2,3)35-25(34)33-11-9-32(10-12-33)24-20-14-29-22(21(28)23(20)30-15-31-24)18-6-4-5-16-7-8-17(27)13-19(16)18/h4-8,13-15H,9-12H2,1-3H3. The molecule has 4 aromatic rings. The molecule has 5 rings (SSSR count). The van der Waals surface area contributed by atoms with Crippen molar-refractivity contribution in [3.05, 3.63) is 60.6 Å². The van der Waals surface area contributed by atoms with Crippen LogP contribution in [-0.4, -0.2) is 57.7 Å². The smallest absolute Gasteiger partial charge is 0.410 e. The Morgan fingerprint density at radius 3 is 2.49 bits per heavy atom. The first kappa shape index (κ1) is 22.9. The number of carbonyl (C=O) groups is 1. The van der Waals surface area contributed by atoms with E-state index in [0.717, 1.165) is 5.39 Å². The number of halogens is 2. The molecule has 1 aliphatic heterocycles. The molecule has 180 valence electrons. The van der Waals surface area contributed by atoms with Crippen LogP contribution in [0.5, 0.6) is 0 Å². The van der Waals surface area contributed by atoms with Crippen LogP contribution in [0.4, 0.5) is 19.4 Å². The topological polar surface area (TPSA) is 71.5 Å². The zero-order valence-corrected chi connectivity index (χ0v) is 19.8. The van der Waals surface area contributed by atoms with E-state index in [1.807, 2.05) is 31.7 Å². The van der Waals surface area contributed by atoms with Gasteiger partial charge in [-0.2, -0.15) is 0 Å². The van der Waals surface area contributed by atoms with Crippen LogP contribution in [0.15, 0.2) is 48.9 Å². The summed E-state index contributed by atoms with van der Waals surface area (Å²) in [4.78, 5) is 29.0. The normalized spacial score (nSPS) is 14.5. The fourth-order valence-electron chi connectivity index (χ4n) is 4.30. The number of amides is 1. The van der Waals surface area contributed by atoms with Crippen LogP contribution in [-0.2, 0) is 4.74 Å². The third-order valence-corrected chi connectivity index (χ3v) is 5.93. The van der Waals surface area contributed by atoms with Crippen molar-refractivity contribution >= 4 is 33.6 Å². The van der Waals surface area contributed by atoms with Crippen molar-refractivity contribution < 1.29 is 18.3 Å². The summed E-state index contributed by atoms with van der Waals surface area (Å²) in [7, 11) is 0. The first-order valence-electron chi connectivity index (χ1n) is 11.4. The molecule has 1 saturated heterocycles. The highest BCUT2D eigenvalue weighted by Gasteiger charge is 2.27. The average molecular weight is 478 g/mol. The summed E-state index contributed by atoms with van der Waals surface area (Å²) in [5.74, 6) is -0.433. The van der Waals surface area contributed by atoms with Crippen LogP contribution in [0.2, 0.25) is 0 Å². The molecule has 0 N–H and O–H groups in total. The molecule has 0 unspecified atom stereocenters. The van der Waals surface area contributed by atoms with Gasteiger partial charge in [-0.1, -0.05) is 24.3 Å². The summed E-state index contributed by atoms with van der Waals surface area (Å²) in [6, 6.07) is 9.76. The van der Waals surface area contributed by atoms with Crippen molar-refractivity contribution in [2.75, 3.05) is 31.1 Å². The second-order valence-corrected chi connectivity index (χ2v) is 9.51. The van der Waals surface area contributed by atoms with E-state index >= 15 is 4.39 Å². The van der Waals surface area contributed by atoms with Gasteiger partial charge in [0.05, 0.1) is 5.39 Å². The Morgan fingerprint density at radius 2 is 1.74 bits per heavy atom. The lowest BCUT2D eigenvalue weighted by molar-refractivity contribution is 0.0240. The second-order valence-electron chi connectivity index (χ2n) is 9.51. The van der Waals surface area contributed by atoms with Gasteiger partial charge in [-0.05, 0) is 43.7 Å². The first-order valence-corrected chi connectivity index (χ1v) is 11.4. The third kappa shape index (κ3) is 4.45. The Balaban J connectivity index is 1.46. The maximum atomic E-state index is 15.7. The number of aromatic nitrogens is 3. The lowest BCUT2D eigenvalue weighted by Gasteiger charge is -2.36. The predicted octanol–water partition coefficient (Wildman–Crippen LogP) is 5.18. The minimum Gasteiger partial charge on any atom is -0.444 e. The number of carbonyl (C=O) groups excluding carboxylic acids is 1. The number of pyridine rings is 1. The van der Waals surface area contributed by atoms with E-state index in [9.17, 15) is 9.18 Å². The maximum absolute atomic E-state index is 15.7. The monoisotopic (exact) mass is 477 g/mol. The molecule has 3 heterocycles. The number of hydrogen-bond donors (Lipinski definition) is 0. The van der Waals surface area contributed by atoms with Crippen LogP contribution >= 0.6 is 0 Å². The van der Waals surface area contributed by atoms with Crippen molar-refractivity contribution in [2.45, 2.75) is 26.4 Å². The van der Waals surface area contributed by atoms with Gasteiger partial charge in [0, 0.05) is 37.9 Å². The number of anilines is 1. The molecule has 7 nitrogen and oxygen atoms in total. The van der Waals surface area contributed by atoms with Crippen molar-refractivity contribution in [1.82, 2.24) is 19.9 Å². The summed E-state index contributed by atoms with van der Waals surface area (Å²) < 4.78 is 35.1. The Bertz CT molecular complexity index is 1430. The molecule has 0 saturated carbocycles. The molecule has 0 aliphatic carbocycles. The lowest BCUT2D eigenvalue weighted by Crippen LogP contribution is -2.50. The summed E-state index contributed by atoms with van der Waals surface area (Å²) >= 11 is 0. The van der Waals surface area contributed by atoms with E-state index in [0.29, 0.717) is 48.3 Å². The summed E-state index contributed by atoms with van der Waals surface area (Å²) in [6.07, 6.45) is 2.53. The number of fused-ring (bicyclic) bond motifs is 2. The number of nitrogens with zero attached hydrogens (tertiary/aromatic N) is 5. The van der Waals surface area contributed by atoms with Crippen LogP contribution in [0.1, 0.15) is 20.8 Å². The second kappa shape index (κ2) is 8.72. The number of benzene rings is 2. The molecule has 1 amide bonds. The molecule has 0 spiro atoms. The van der Waals surface area contributed by atoms with Gasteiger partial charge < -0.3 is 14.5 Å². The molecule has 1 fully saturated rings.